The van der Waals surface area contributed by atoms with Gasteiger partial charge in [0.1, 0.15) is 17.4 Å². The van der Waals surface area contributed by atoms with Gasteiger partial charge < -0.3 is 4.74 Å². The molecular formula is C21H14F2N2O3. The van der Waals surface area contributed by atoms with Gasteiger partial charge in [-0.1, -0.05) is 24.3 Å². The zero-order valence-corrected chi connectivity index (χ0v) is 14.4. The van der Waals surface area contributed by atoms with Crippen molar-refractivity contribution in [3.63, 3.8) is 0 Å². The molecule has 0 saturated heterocycles. The van der Waals surface area contributed by atoms with Gasteiger partial charge in [0, 0.05) is 0 Å². The molecule has 0 radical (unpaired) electrons. The highest BCUT2D eigenvalue weighted by atomic mass is 19.1. The maximum Gasteiger partial charge on any atom is 0.346 e. The summed E-state index contributed by atoms with van der Waals surface area (Å²) in [6, 6.07) is 17.2. The van der Waals surface area contributed by atoms with Crippen LogP contribution in [0.3, 0.4) is 0 Å². The maximum atomic E-state index is 13.6. The van der Waals surface area contributed by atoms with Crippen molar-refractivity contribution < 1.29 is 23.1 Å². The number of halogens is 2. The summed E-state index contributed by atoms with van der Waals surface area (Å²) in [6.45, 7) is 0. The monoisotopic (exact) mass is 380 g/mol. The summed E-state index contributed by atoms with van der Waals surface area (Å²) in [5, 5.41) is 3.76. The number of hydrazone groups is 1. The second kappa shape index (κ2) is 8.68. The van der Waals surface area contributed by atoms with E-state index < -0.39 is 23.5 Å². The SMILES string of the molecule is O=C(NN=Cc1ccc(OC(=O)c2ccccc2F)cc1)c1ccccc1F. The van der Waals surface area contributed by atoms with Gasteiger partial charge in [-0.05, 0) is 54.1 Å². The predicted molar refractivity (Wildman–Crippen MR) is 99.3 cm³/mol. The highest BCUT2D eigenvalue weighted by molar-refractivity contribution is 5.95. The van der Waals surface area contributed by atoms with Crippen molar-refractivity contribution in [2.75, 3.05) is 0 Å². The van der Waals surface area contributed by atoms with Crippen LogP contribution in [0.25, 0.3) is 0 Å². The fourth-order valence-corrected chi connectivity index (χ4v) is 2.28. The molecule has 0 unspecified atom stereocenters. The number of esters is 1. The van der Waals surface area contributed by atoms with Crippen molar-refractivity contribution in [3.8, 4) is 5.75 Å². The third-order valence-corrected chi connectivity index (χ3v) is 3.68. The average molecular weight is 380 g/mol. The Hall–Kier alpha value is -3.87. The zero-order valence-electron chi connectivity index (χ0n) is 14.4. The van der Waals surface area contributed by atoms with E-state index in [0.29, 0.717) is 5.56 Å². The molecule has 0 aromatic heterocycles. The van der Waals surface area contributed by atoms with Crippen LogP contribution in [0.5, 0.6) is 5.75 Å². The third-order valence-electron chi connectivity index (χ3n) is 3.68. The molecule has 1 amide bonds. The highest BCUT2D eigenvalue weighted by Crippen LogP contribution is 2.15. The summed E-state index contributed by atoms with van der Waals surface area (Å²) in [6.07, 6.45) is 1.35. The van der Waals surface area contributed by atoms with Crippen LogP contribution in [0.15, 0.2) is 77.9 Å². The molecular weight excluding hydrogens is 366 g/mol. The number of carbonyl (C=O) groups is 2. The summed E-state index contributed by atoms with van der Waals surface area (Å²) in [4.78, 5) is 23.8. The minimum Gasteiger partial charge on any atom is -0.423 e. The lowest BCUT2D eigenvalue weighted by molar-refractivity contribution is 0.0729. The van der Waals surface area contributed by atoms with Crippen LogP contribution in [-0.2, 0) is 0 Å². The van der Waals surface area contributed by atoms with Crippen LogP contribution in [0.1, 0.15) is 26.3 Å². The van der Waals surface area contributed by atoms with E-state index in [0.717, 1.165) is 0 Å². The normalized spacial score (nSPS) is 10.6. The summed E-state index contributed by atoms with van der Waals surface area (Å²) in [7, 11) is 0. The molecule has 7 heteroatoms. The molecule has 3 aromatic carbocycles. The number of carbonyl (C=O) groups excluding carboxylic acids is 2. The summed E-state index contributed by atoms with van der Waals surface area (Å²) < 4.78 is 32.2. The molecule has 0 atom stereocenters. The Morgan fingerprint density at radius 3 is 2.00 bits per heavy atom. The number of nitrogens with one attached hydrogen (secondary N) is 1. The van der Waals surface area contributed by atoms with Crippen LogP contribution < -0.4 is 10.2 Å². The number of rotatable bonds is 5. The minimum atomic E-state index is -0.809. The Morgan fingerprint density at radius 1 is 0.821 bits per heavy atom. The first kappa shape index (κ1) is 18.9. The Balaban J connectivity index is 1.59. The highest BCUT2D eigenvalue weighted by Gasteiger charge is 2.13. The van der Waals surface area contributed by atoms with Crippen molar-refractivity contribution in [2.24, 2.45) is 5.10 Å². The Bertz CT molecular complexity index is 1030. The van der Waals surface area contributed by atoms with E-state index in [2.05, 4.69) is 10.5 Å². The quantitative estimate of drug-likeness (QED) is 0.315. The molecule has 0 aliphatic rings. The molecule has 3 aromatic rings. The van der Waals surface area contributed by atoms with Gasteiger partial charge in [0.05, 0.1) is 17.3 Å². The lowest BCUT2D eigenvalue weighted by Crippen LogP contribution is -2.18. The first-order valence-electron chi connectivity index (χ1n) is 8.19. The second-order valence-corrected chi connectivity index (χ2v) is 5.62. The molecule has 1 N–H and O–H groups in total. The molecule has 0 heterocycles. The van der Waals surface area contributed by atoms with Gasteiger partial charge in [-0.2, -0.15) is 5.10 Å². The van der Waals surface area contributed by atoms with Crippen molar-refractivity contribution in [3.05, 3.63) is 101 Å². The standard InChI is InChI=1S/C21H14F2N2O3/c22-18-7-3-1-5-16(18)20(26)25-24-13-14-9-11-15(12-10-14)28-21(27)17-6-2-4-8-19(17)23/h1-13H,(H,25,26). The first-order valence-corrected chi connectivity index (χ1v) is 8.19. The number of benzene rings is 3. The lowest BCUT2D eigenvalue weighted by Gasteiger charge is -2.05. The smallest absolute Gasteiger partial charge is 0.346 e. The fraction of sp³-hybridized carbons (Fsp3) is 0. The van der Waals surface area contributed by atoms with Crippen LogP contribution in [0, 0.1) is 11.6 Å². The molecule has 0 saturated carbocycles. The first-order chi connectivity index (χ1) is 13.5. The van der Waals surface area contributed by atoms with Gasteiger partial charge in [0.2, 0.25) is 0 Å². The second-order valence-electron chi connectivity index (χ2n) is 5.62. The minimum absolute atomic E-state index is 0.116. The number of ether oxygens (including phenoxy) is 1. The molecule has 0 bridgehead atoms. The fourth-order valence-electron chi connectivity index (χ4n) is 2.28. The maximum absolute atomic E-state index is 13.6. The van der Waals surface area contributed by atoms with E-state index in [1.54, 1.807) is 18.2 Å². The summed E-state index contributed by atoms with van der Waals surface area (Å²) in [5.74, 6) is -2.57. The van der Waals surface area contributed by atoms with E-state index >= 15 is 0 Å². The molecule has 0 fully saturated rings. The van der Waals surface area contributed by atoms with E-state index in [-0.39, 0.29) is 16.9 Å². The lowest BCUT2D eigenvalue weighted by atomic mass is 10.2. The van der Waals surface area contributed by atoms with Crippen molar-refractivity contribution in [1.82, 2.24) is 5.43 Å². The average Bonchev–Trinajstić information content (AvgIpc) is 2.70. The number of hydrogen-bond acceptors (Lipinski definition) is 4. The molecule has 140 valence electrons. The molecule has 3 rings (SSSR count). The van der Waals surface area contributed by atoms with Gasteiger partial charge in [-0.3, -0.25) is 4.79 Å². The Morgan fingerprint density at radius 2 is 1.39 bits per heavy atom. The van der Waals surface area contributed by atoms with Gasteiger partial charge >= 0.3 is 5.97 Å². The summed E-state index contributed by atoms with van der Waals surface area (Å²) >= 11 is 0. The zero-order chi connectivity index (χ0) is 19.9. The number of hydrogen-bond donors (Lipinski definition) is 1. The van der Waals surface area contributed by atoms with Gasteiger partial charge in [0.25, 0.3) is 5.91 Å². The number of nitrogens with zero attached hydrogens (tertiary/aromatic N) is 1. The van der Waals surface area contributed by atoms with Gasteiger partial charge in [-0.15, -0.1) is 0 Å². The predicted octanol–water partition coefficient (Wildman–Crippen LogP) is 3.95. The molecule has 0 aliphatic carbocycles. The van der Waals surface area contributed by atoms with Crippen LogP contribution in [-0.4, -0.2) is 18.1 Å². The van der Waals surface area contributed by atoms with Crippen LogP contribution >= 0.6 is 0 Å². The van der Waals surface area contributed by atoms with Crippen molar-refractivity contribution >= 4 is 18.1 Å². The van der Waals surface area contributed by atoms with Crippen molar-refractivity contribution in [2.45, 2.75) is 0 Å². The van der Waals surface area contributed by atoms with Gasteiger partial charge in [0.15, 0.2) is 0 Å². The van der Waals surface area contributed by atoms with E-state index in [1.807, 2.05) is 0 Å². The third kappa shape index (κ3) is 4.64. The topological polar surface area (TPSA) is 67.8 Å². The van der Waals surface area contributed by atoms with E-state index in [1.165, 1.54) is 60.8 Å². The molecule has 5 nitrogen and oxygen atoms in total. The molecule has 28 heavy (non-hydrogen) atoms. The largest absolute Gasteiger partial charge is 0.423 e. The van der Waals surface area contributed by atoms with Crippen molar-refractivity contribution in [1.29, 1.82) is 0 Å². The molecule has 0 aliphatic heterocycles. The van der Waals surface area contributed by atoms with Crippen LogP contribution in [0.4, 0.5) is 8.78 Å². The summed E-state index contributed by atoms with van der Waals surface area (Å²) in [5.41, 5.74) is 2.54. The Labute approximate surface area is 159 Å². The Kier molecular flexibility index (Phi) is 5.86. The van der Waals surface area contributed by atoms with Crippen LogP contribution in [0.2, 0.25) is 0 Å². The van der Waals surface area contributed by atoms with E-state index in [4.69, 9.17) is 4.74 Å². The van der Waals surface area contributed by atoms with Gasteiger partial charge in [-0.25, -0.2) is 19.0 Å². The number of amides is 1. The molecule has 0 spiro atoms. The van der Waals surface area contributed by atoms with E-state index in [9.17, 15) is 18.4 Å².